The monoisotopic (exact) mass is 280 g/mol. The maximum atomic E-state index is 11.3. The molecular formula is C14H20N2O2S. The Balaban J connectivity index is 2.12. The first-order valence-electron chi connectivity index (χ1n) is 6.61. The summed E-state index contributed by atoms with van der Waals surface area (Å²) in [6, 6.07) is 1.83. The van der Waals surface area contributed by atoms with Crippen molar-refractivity contribution in [3.63, 3.8) is 0 Å². The highest BCUT2D eigenvalue weighted by atomic mass is 32.2. The van der Waals surface area contributed by atoms with Gasteiger partial charge in [-0.1, -0.05) is 0 Å². The molecule has 1 aromatic rings. The Kier molecular flexibility index (Phi) is 4.69. The zero-order valence-electron chi connectivity index (χ0n) is 11.4. The molecule has 0 atom stereocenters. The second kappa shape index (κ2) is 6.28. The molecule has 1 saturated heterocycles. The van der Waals surface area contributed by atoms with Crippen molar-refractivity contribution < 1.29 is 9.90 Å². The summed E-state index contributed by atoms with van der Waals surface area (Å²) in [5.41, 5.74) is 2.44. The van der Waals surface area contributed by atoms with Crippen molar-refractivity contribution >= 4 is 23.4 Å². The van der Waals surface area contributed by atoms with Gasteiger partial charge in [-0.25, -0.2) is 4.79 Å². The van der Waals surface area contributed by atoms with E-state index in [1.54, 1.807) is 6.92 Å². The fourth-order valence-electron chi connectivity index (χ4n) is 2.44. The topological polar surface area (TPSA) is 62.2 Å². The number of nitrogens with zero attached hydrogens (tertiary/aromatic N) is 1. The van der Waals surface area contributed by atoms with Crippen LogP contribution in [0.15, 0.2) is 6.07 Å². The number of pyridine rings is 1. The van der Waals surface area contributed by atoms with Crippen LogP contribution in [0.3, 0.4) is 0 Å². The van der Waals surface area contributed by atoms with Gasteiger partial charge in [-0.05, 0) is 50.2 Å². The third kappa shape index (κ3) is 3.62. The van der Waals surface area contributed by atoms with Crippen molar-refractivity contribution in [1.82, 2.24) is 4.98 Å². The molecule has 0 amide bonds. The molecule has 0 aliphatic carbocycles. The van der Waals surface area contributed by atoms with Crippen molar-refractivity contribution in [3.8, 4) is 0 Å². The second-order valence-corrected chi connectivity index (χ2v) is 6.24. The zero-order chi connectivity index (χ0) is 13.8. The Labute approximate surface area is 118 Å². The van der Waals surface area contributed by atoms with Gasteiger partial charge in [0.25, 0.3) is 0 Å². The molecule has 1 aliphatic heterocycles. The number of nitrogens with one attached hydrogen (secondary N) is 1. The molecule has 4 nitrogen and oxygen atoms in total. The first kappa shape index (κ1) is 14.2. The van der Waals surface area contributed by atoms with Gasteiger partial charge in [0.2, 0.25) is 0 Å². The number of rotatable bonds is 4. The number of carboxylic acids is 1. The standard InChI is InChI=1S/C14H20N2O2S/c1-9-7-12(13(14(17)18)10(2)16-9)15-8-11-3-5-19-6-4-11/h7,11H,3-6,8H2,1-2H3,(H,15,16)(H,17,18). The lowest BCUT2D eigenvalue weighted by molar-refractivity contribution is 0.0696. The minimum atomic E-state index is -0.910. The number of hydrogen-bond acceptors (Lipinski definition) is 4. The summed E-state index contributed by atoms with van der Waals surface area (Å²) < 4.78 is 0. The molecule has 0 aromatic carbocycles. The summed E-state index contributed by atoms with van der Waals surface area (Å²) in [5, 5.41) is 12.6. The summed E-state index contributed by atoms with van der Waals surface area (Å²) in [5.74, 6) is 2.17. The maximum Gasteiger partial charge on any atom is 0.339 e. The molecule has 1 aliphatic rings. The Morgan fingerprint density at radius 3 is 2.79 bits per heavy atom. The smallest absolute Gasteiger partial charge is 0.339 e. The molecule has 2 rings (SSSR count). The summed E-state index contributed by atoms with van der Waals surface area (Å²) in [4.78, 5) is 15.5. The van der Waals surface area contributed by atoms with E-state index in [4.69, 9.17) is 0 Å². The summed E-state index contributed by atoms with van der Waals surface area (Å²) >= 11 is 2.00. The molecule has 0 bridgehead atoms. The van der Waals surface area contributed by atoms with Crippen molar-refractivity contribution in [2.24, 2.45) is 5.92 Å². The average Bonchev–Trinajstić information content (AvgIpc) is 2.36. The molecule has 1 fully saturated rings. The van der Waals surface area contributed by atoms with E-state index in [0.717, 1.165) is 12.2 Å². The summed E-state index contributed by atoms with van der Waals surface area (Å²) in [7, 11) is 0. The molecule has 0 spiro atoms. The molecule has 0 unspecified atom stereocenters. The van der Waals surface area contributed by atoms with E-state index in [0.29, 0.717) is 22.9 Å². The highest BCUT2D eigenvalue weighted by Crippen LogP contribution is 2.25. The van der Waals surface area contributed by atoms with Crippen molar-refractivity contribution in [2.45, 2.75) is 26.7 Å². The van der Waals surface area contributed by atoms with Crippen LogP contribution in [0.1, 0.15) is 34.6 Å². The van der Waals surface area contributed by atoms with Gasteiger partial charge in [-0.3, -0.25) is 4.98 Å². The molecule has 2 heterocycles. The fourth-order valence-corrected chi connectivity index (χ4v) is 3.65. The van der Waals surface area contributed by atoms with E-state index < -0.39 is 5.97 Å². The van der Waals surface area contributed by atoms with Gasteiger partial charge in [-0.2, -0.15) is 11.8 Å². The van der Waals surface area contributed by atoms with E-state index in [1.807, 2.05) is 24.8 Å². The lowest BCUT2D eigenvalue weighted by Gasteiger charge is -2.22. The number of hydrogen-bond donors (Lipinski definition) is 2. The van der Waals surface area contributed by atoms with Gasteiger partial charge in [0.05, 0.1) is 11.4 Å². The zero-order valence-corrected chi connectivity index (χ0v) is 12.2. The highest BCUT2D eigenvalue weighted by molar-refractivity contribution is 7.99. The fraction of sp³-hybridized carbons (Fsp3) is 0.571. The van der Waals surface area contributed by atoms with E-state index in [9.17, 15) is 9.90 Å². The quantitative estimate of drug-likeness (QED) is 0.888. The number of carbonyl (C=O) groups is 1. The second-order valence-electron chi connectivity index (χ2n) is 5.01. The van der Waals surface area contributed by atoms with Crippen LogP contribution in [0.2, 0.25) is 0 Å². The van der Waals surface area contributed by atoms with Crippen LogP contribution < -0.4 is 5.32 Å². The molecule has 0 saturated carbocycles. The molecule has 5 heteroatoms. The minimum Gasteiger partial charge on any atom is -0.478 e. The van der Waals surface area contributed by atoms with E-state index >= 15 is 0 Å². The Hall–Kier alpha value is -1.23. The molecule has 0 radical (unpaired) electrons. The lowest BCUT2D eigenvalue weighted by Crippen LogP contribution is -2.20. The lowest BCUT2D eigenvalue weighted by atomic mass is 10.0. The predicted molar refractivity (Wildman–Crippen MR) is 79.2 cm³/mol. The van der Waals surface area contributed by atoms with E-state index in [1.165, 1.54) is 24.3 Å². The van der Waals surface area contributed by atoms with Gasteiger partial charge in [0.1, 0.15) is 5.56 Å². The minimum absolute atomic E-state index is 0.302. The van der Waals surface area contributed by atoms with Gasteiger partial charge in [-0.15, -0.1) is 0 Å². The normalized spacial score (nSPS) is 16.3. The van der Waals surface area contributed by atoms with Gasteiger partial charge in [0.15, 0.2) is 0 Å². The highest BCUT2D eigenvalue weighted by Gasteiger charge is 2.18. The van der Waals surface area contributed by atoms with Crippen molar-refractivity contribution in [1.29, 1.82) is 0 Å². The molecular weight excluding hydrogens is 260 g/mol. The number of thioether (sulfide) groups is 1. The van der Waals surface area contributed by atoms with Crippen LogP contribution in [0.4, 0.5) is 5.69 Å². The van der Waals surface area contributed by atoms with Gasteiger partial charge in [0, 0.05) is 12.2 Å². The van der Waals surface area contributed by atoms with Crippen molar-refractivity contribution in [3.05, 3.63) is 23.0 Å². The van der Waals surface area contributed by atoms with Crippen LogP contribution >= 0.6 is 11.8 Å². The third-order valence-corrected chi connectivity index (χ3v) is 4.51. The van der Waals surface area contributed by atoms with Gasteiger partial charge >= 0.3 is 5.97 Å². The van der Waals surface area contributed by atoms with Crippen LogP contribution in [0.5, 0.6) is 0 Å². The number of anilines is 1. The summed E-state index contributed by atoms with van der Waals surface area (Å²) in [6.45, 7) is 4.49. The molecule has 104 valence electrons. The SMILES string of the molecule is Cc1cc(NCC2CCSCC2)c(C(=O)O)c(C)n1. The third-order valence-electron chi connectivity index (χ3n) is 3.46. The van der Waals surface area contributed by atoms with E-state index in [-0.39, 0.29) is 0 Å². The van der Waals surface area contributed by atoms with Crippen LogP contribution in [0, 0.1) is 19.8 Å². The number of aromatic nitrogens is 1. The molecule has 2 N–H and O–H groups in total. The average molecular weight is 280 g/mol. The number of aryl methyl sites for hydroxylation is 2. The summed E-state index contributed by atoms with van der Waals surface area (Å²) in [6.07, 6.45) is 2.42. The van der Waals surface area contributed by atoms with E-state index in [2.05, 4.69) is 10.3 Å². The Morgan fingerprint density at radius 2 is 2.16 bits per heavy atom. The first-order chi connectivity index (χ1) is 9.08. The maximum absolute atomic E-state index is 11.3. The Morgan fingerprint density at radius 1 is 1.47 bits per heavy atom. The van der Waals surface area contributed by atoms with Crippen LogP contribution in [-0.2, 0) is 0 Å². The number of aromatic carboxylic acids is 1. The number of carboxylic acid groups (broad SMARTS) is 1. The predicted octanol–water partition coefficient (Wildman–Crippen LogP) is 2.95. The van der Waals surface area contributed by atoms with Crippen LogP contribution in [-0.4, -0.2) is 34.1 Å². The Bertz CT molecular complexity index is 471. The van der Waals surface area contributed by atoms with Crippen molar-refractivity contribution in [2.75, 3.05) is 23.4 Å². The first-order valence-corrected chi connectivity index (χ1v) is 7.76. The largest absolute Gasteiger partial charge is 0.478 e. The molecule has 1 aromatic heterocycles. The molecule has 19 heavy (non-hydrogen) atoms. The van der Waals surface area contributed by atoms with Crippen LogP contribution in [0.25, 0.3) is 0 Å². The van der Waals surface area contributed by atoms with Gasteiger partial charge < -0.3 is 10.4 Å².